The number of nitrogens with zero attached hydrogens (tertiary/aromatic N) is 1. The zero-order chi connectivity index (χ0) is 21.3. The Hall–Kier alpha value is -2.60. The van der Waals surface area contributed by atoms with Gasteiger partial charge in [-0.25, -0.2) is 4.79 Å². The number of unbranched alkanes of at least 4 members (excludes halogenated alkanes) is 1. The van der Waals surface area contributed by atoms with E-state index in [1.54, 1.807) is 0 Å². The van der Waals surface area contributed by atoms with Crippen molar-refractivity contribution in [3.8, 4) is 5.75 Å². The number of carbonyl (C=O) groups is 1. The van der Waals surface area contributed by atoms with E-state index in [-0.39, 0.29) is 6.04 Å². The Morgan fingerprint density at radius 3 is 2.77 bits per heavy atom. The van der Waals surface area contributed by atoms with Crippen molar-refractivity contribution in [1.29, 1.82) is 0 Å². The van der Waals surface area contributed by atoms with Crippen molar-refractivity contribution in [1.82, 2.24) is 10.3 Å². The fourth-order valence-corrected chi connectivity index (χ4v) is 3.72. The normalized spacial score (nSPS) is 11.8. The summed E-state index contributed by atoms with van der Waals surface area (Å²) in [4.78, 5) is 16.5. The van der Waals surface area contributed by atoms with Crippen molar-refractivity contribution in [2.45, 2.75) is 39.2 Å². The largest absolute Gasteiger partial charge is 0.490 e. The zero-order valence-corrected chi connectivity index (χ0v) is 18.9. The number of ether oxygens (including phenoxy) is 2. The van der Waals surface area contributed by atoms with Gasteiger partial charge in [0, 0.05) is 22.7 Å². The molecule has 0 fully saturated rings. The third kappa shape index (κ3) is 6.20. The second-order valence-corrected chi connectivity index (χ2v) is 8.05. The summed E-state index contributed by atoms with van der Waals surface area (Å²) in [6.07, 6.45) is 3.93. The number of hydrogen-bond acceptors (Lipinski definition) is 4. The first-order chi connectivity index (χ1) is 14.6. The summed E-state index contributed by atoms with van der Waals surface area (Å²) in [6, 6.07) is 15.7. The molecule has 1 N–H and O–H groups in total. The lowest BCUT2D eigenvalue weighted by Gasteiger charge is -2.20. The molecule has 3 aromatic rings. The Balaban J connectivity index is 1.71. The lowest BCUT2D eigenvalue weighted by molar-refractivity contribution is 0.135. The van der Waals surface area contributed by atoms with Gasteiger partial charge in [0.05, 0.1) is 17.1 Å². The number of halogens is 1. The summed E-state index contributed by atoms with van der Waals surface area (Å²) in [5.74, 6) is 0.729. The van der Waals surface area contributed by atoms with Gasteiger partial charge in [-0.2, -0.15) is 0 Å². The van der Waals surface area contributed by atoms with Crippen LogP contribution in [0.2, 0.25) is 0 Å². The van der Waals surface area contributed by atoms with Crippen LogP contribution in [-0.4, -0.2) is 30.3 Å². The van der Waals surface area contributed by atoms with Crippen LogP contribution in [0.1, 0.15) is 31.0 Å². The van der Waals surface area contributed by atoms with Gasteiger partial charge >= 0.3 is 6.09 Å². The van der Waals surface area contributed by atoms with E-state index in [2.05, 4.69) is 33.2 Å². The fourth-order valence-electron chi connectivity index (χ4n) is 3.13. The van der Waals surface area contributed by atoms with Crippen molar-refractivity contribution in [2.75, 3.05) is 13.2 Å². The second-order valence-electron chi connectivity index (χ2n) is 7.26. The molecule has 1 heterocycles. The molecule has 0 radical (unpaired) electrons. The van der Waals surface area contributed by atoms with E-state index in [0.717, 1.165) is 45.1 Å². The van der Waals surface area contributed by atoms with Crippen LogP contribution >= 0.6 is 15.9 Å². The SMILES string of the molecule is CCCCOC(=O)N[C@@H](COc1ccc2cnc(C)cc2c1Br)Cc1ccccc1. The number of fused-ring (bicyclic) bond motifs is 1. The number of alkyl carbamates (subject to hydrolysis) is 1. The molecule has 0 aliphatic heterocycles. The van der Waals surface area contributed by atoms with Crippen LogP contribution in [0, 0.1) is 6.92 Å². The number of pyridine rings is 1. The maximum absolute atomic E-state index is 12.2. The highest BCUT2D eigenvalue weighted by Gasteiger charge is 2.16. The molecule has 0 unspecified atom stereocenters. The van der Waals surface area contributed by atoms with Gasteiger partial charge in [0.1, 0.15) is 12.4 Å². The summed E-state index contributed by atoms with van der Waals surface area (Å²) in [5, 5.41) is 5.04. The zero-order valence-electron chi connectivity index (χ0n) is 17.4. The number of hydrogen-bond donors (Lipinski definition) is 1. The molecule has 1 aromatic heterocycles. The molecule has 1 atom stereocenters. The third-order valence-corrected chi connectivity index (χ3v) is 5.57. The highest BCUT2D eigenvalue weighted by atomic mass is 79.9. The van der Waals surface area contributed by atoms with Gasteiger partial charge in [0.25, 0.3) is 0 Å². The van der Waals surface area contributed by atoms with E-state index in [0.29, 0.717) is 19.6 Å². The van der Waals surface area contributed by atoms with Crippen LogP contribution in [0.15, 0.2) is 59.2 Å². The van der Waals surface area contributed by atoms with Crippen LogP contribution in [0.4, 0.5) is 4.79 Å². The standard InChI is InChI=1S/C24H27BrN2O3/c1-3-4-12-29-24(28)27-20(14-18-8-6-5-7-9-18)16-30-22-11-10-19-15-26-17(2)13-21(19)23(22)25/h5-11,13,15,20H,3-4,12,14,16H2,1-2H3,(H,27,28)/t20-/m1/s1. The summed E-state index contributed by atoms with van der Waals surface area (Å²) >= 11 is 3.66. The van der Waals surface area contributed by atoms with Crippen molar-refractivity contribution >= 4 is 32.8 Å². The smallest absolute Gasteiger partial charge is 0.407 e. The average molecular weight is 471 g/mol. The number of aromatic nitrogens is 1. The van der Waals surface area contributed by atoms with Gasteiger partial charge < -0.3 is 14.8 Å². The van der Waals surface area contributed by atoms with Crippen LogP contribution in [-0.2, 0) is 11.2 Å². The molecule has 158 valence electrons. The number of amides is 1. The van der Waals surface area contributed by atoms with Gasteiger partial charge in [-0.1, -0.05) is 43.7 Å². The predicted molar refractivity (Wildman–Crippen MR) is 123 cm³/mol. The number of benzene rings is 2. The molecular formula is C24H27BrN2O3. The maximum atomic E-state index is 12.2. The van der Waals surface area contributed by atoms with Gasteiger partial charge in [-0.05, 0) is 59.5 Å². The number of aryl methyl sites for hydroxylation is 1. The van der Waals surface area contributed by atoms with Gasteiger partial charge in [-0.15, -0.1) is 0 Å². The molecule has 1 amide bonds. The van der Waals surface area contributed by atoms with E-state index in [9.17, 15) is 4.79 Å². The summed E-state index contributed by atoms with van der Waals surface area (Å²) in [6.45, 7) is 4.77. The minimum absolute atomic E-state index is 0.219. The fraction of sp³-hybridized carbons (Fsp3) is 0.333. The Morgan fingerprint density at radius 1 is 1.20 bits per heavy atom. The highest BCUT2D eigenvalue weighted by molar-refractivity contribution is 9.10. The van der Waals surface area contributed by atoms with Crippen molar-refractivity contribution in [2.24, 2.45) is 0 Å². The van der Waals surface area contributed by atoms with Crippen molar-refractivity contribution in [3.05, 3.63) is 70.5 Å². The molecule has 30 heavy (non-hydrogen) atoms. The van der Waals surface area contributed by atoms with Crippen molar-refractivity contribution in [3.63, 3.8) is 0 Å². The van der Waals surface area contributed by atoms with E-state index < -0.39 is 6.09 Å². The Morgan fingerprint density at radius 2 is 2.00 bits per heavy atom. The summed E-state index contributed by atoms with van der Waals surface area (Å²) in [5.41, 5.74) is 2.07. The molecular weight excluding hydrogens is 444 g/mol. The van der Waals surface area contributed by atoms with Crippen LogP contribution in [0.3, 0.4) is 0 Å². The lowest BCUT2D eigenvalue weighted by Crippen LogP contribution is -2.41. The molecule has 0 saturated carbocycles. The minimum Gasteiger partial charge on any atom is -0.490 e. The molecule has 6 heteroatoms. The molecule has 0 spiro atoms. The maximum Gasteiger partial charge on any atom is 0.407 e. The van der Waals surface area contributed by atoms with Gasteiger partial charge in [0.15, 0.2) is 0 Å². The number of carbonyl (C=O) groups excluding carboxylic acids is 1. The summed E-state index contributed by atoms with van der Waals surface area (Å²) < 4.78 is 12.3. The average Bonchev–Trinajstić information content (AvgIpc) is 2.74. The lowest BCUT2D eigenvalue weighted by atomic mass is 10.1. The van der Waals surface area contributed by atoms with Crippen LogP contribution < -0.4 is 10.1 Å². The van der Waals surface area contributed by atoms with Gasteiger partial charge in [0.2, 0.25) is 0 Å². The quantitative estimate of drug-likeness (QED) is 0.400. The first-order valence-corrected chi connectivity index (χ1v) is 11.0. The van der Waals surface area contributed by atoms with E-state index >= 15 is 0 Å². The second kappa shape index (κ2) is 11.0. The third-order valence-electron chi connectivity index (χ3n) is 4.76. The molecule has 0 bridgehead atoms. The first-order valence-electron chi connectivity index (χ1n) is 10.2. The molecule has 2 aromatic carbocycles. The molecule has 3 rings (SSSR count). The van der Waals surface area contributed by atoms with Crippen LogP contribution in [0.5, 0.6) is 5.75 Å². The monoisotopic (exact) mass is 470 g/mol. The molecule has 0 aliphatic carbocycles. The Bertz CT molecular complexity index is 979. The Labute approximate surface area is 185 Å². The van der Waals surface area contributed by atoms with E-state index in [1.165, 1.54) is 0 Å². The topological polar surface area (TPSA) is 60.5 Å². The van der Waals surface area contributed by atoms with Crippen molar-refractivity contribution < 1.29 is 14.3 Å². The van der Waals surface area contributed by atoms with Gasteiger partial charge in [-0.3, -0.25) is 4.98 Å². The predicted octanol–water partition coefficient (Wildman–Crippen LogP) is 5.82. The summed E-state index contributed by atoms with van der Waals surface area (Å²) in [7, 11) is 0. The molecule has 0 aliphatic rings. The van der Waals surface area contributed by atoms with E-state index in [4.69, 9.17) is 9.47 Å². The number of rotatable bonds is 9. The van der Waals surface area contributed by atoms with Crippen LogP contribution in [0.25, 0.3) is 10.8 Å². The minimum atomic E-state index is -0.410. The molecule has 5 nitrogen and oxygen atoms in total. The highest BCUT2D eigenvalue weighted by Crippen LogP contribution is 2.33. The number of nitrogens with one attached hydrogen (secondary N) is 1. The Kier molecular flexibility index (Phi) is 8.08. The van der Waals surface area contributed by atoms with E-state index in [1.807, 2.05) is 61.7 Å². The first kappa shape index (κ1) is 22.1. The molecule has 0 saturated heterocycles.